The second-order valence-corrected chi connectivity index (χ2v) is 7.42. The van der Waals surface area contributed by atoms with Crippen molar-refractivity contribution in [2.24, 2.45) is 0 Å². The molecule has 0 fully saturated rings. The number of hydrogen-bond donors (Lipinski definition) is 1. The van der Waals surface area contributed by atoms with Gasteiger partial charge in [0.15, 0.2) is 6.10 Å². The number of aryl methyl sites for hydroxylation is 1. The van der Waals surface area contributed by atoms with E-state index in [4.69, 9.17) is 9.47 Å². The molecule has 1 amide bonds. The average molecular weight is 418 g/mol. The zero-order chi connectivity index (χ0) is 22.1. The number of nitrogens with one attached hydrogen (secondary N) is 1. The van der Waals surface area contributed by atoms with Crippen LogP contribution in [0.3, 0.4) is 0 Å². The quantitative estimate of drug-likeness (QED) is 0.488. The molecule has 0 unspecified atom stereocenters. The number of ether oxygens (including phenoxy) is 2. The zero-order valence-corrected chi connectivity index (χ0v) is 17.8. The number of rotatable bonds is 9. The molecule has 0 spiro atoms. The number of amides is 1. The summed E-state index contributed by atoms with van der Waals surface area (Å²) < 4.78 is 11.1. The van der Waals surface area contributed by atoms with Crippen LogP contribution in [-0.4, -0.2) is 24.0 Å². The molecule has 0 aliphatic rings. The molecular weight excluding hydrogens is 390 g/mol. The first-order valence-corrected chi connectivity index (χ1v) is 10.4. The van der Waals surface area contributed by atoms with Crippen LogP contribution in [0.5, 0.6) is 11.5 Å². The first-order chi connectivity index (χ1) is 15.0. The van der Waals surface area contributed by atoms with E-state index in [-0.39, 0.29) is 11.9 Å². The summed E-state index contributed by atoms with van der Waals surface area (Å²) in [4.78, 5) is 24.9. The highest BCUT2D eigenvalue weighted by molar-refractivity contribution is 5.92. The van der Waals surface area contributed by atoms with Crippen LogP contribution in [0.15, 0.2) is 84.9 Å². The lowest BCUT2D eigenvalue weighted by atomic mass is 10.1. The molecule has 5 heteroatoms. The average Bonchev–Trinajstić information content (AvgIpc) is 2.79. The standard InChI is InChI=1S/C26H27NO4/c1-19(16-17-21-10-5-3-6-11-21)27-25(28)20(2)30-26(29)22-12-9-15-24(18-22)31-23-13-7-4-8-14-23/h3-15,18-20H,16-17H2,1-2H3,(H,27,28)/t19-,20+/m0/s1. The van der Waals surface area contributed by atoms with Crippen molar-refractivity contribution in [3.05, 3.63) is 96.1 Å². The van der Waals surface area contributed by atoms with Gasteiger partial charge in [-0.15, -0.1) is 0 Å². The Hall–Kier alpha value is -3.60. The summed E-state index contributed by atoms with van der Waals surface area (Å²) in [7, 11) is 0. The highest BCUT2D eigenvalue weighted by Gasteiger charge is 2.20. The number of carbonyl (C=O) groups is 2. The second kappa shape index (κ2) is 11.0. The van der Waals surface area contributed by atoms with Crippen LogP contribution < -0.4 is 10.1 Å². The van der Waals surface area contributed by atoms with E-state index < -0.39 is 12.1 Å². The van der Waals surface area contributed by atoms with Gasteiger partial charge in [-0.05, 0) is 62.6 Å². The normalized spacial score (nSPS) is 12.5. The Morgan fingerprint density at radius 3 is 2.19 bits per heavy atom. The van der Waals surface area contributed by atoms with E-state index in [1.165, 1.54) is 5.56 Å². The molecule has 2 atom stereocenters. The molecule has 0 aromatic heterocycles. The summed E-state index contributed by atoms with van der Waals surface area (Å²) in [6.45, 7) is 3.52. The van der Waals surface area contributed by atoms with Gasteiger partial charge in [0, 0.05) is 6.04 Å². The Morgan fingerprint density at radius 2 is 1.48 bits per heavy atom. The Labute approximate surface area is 183 Å². The SMILES string of the molecule is C[C@@H](CCc1ccccc1)NC(=O)[C@@H](C)OC(=O)c1cccc(Oc2ccccc2)c1. The maximum absolute atomic E-state index is 12.5. The molecule has 3 rings (SSSR count). The monoisotopic (exact) mass is 417 g/mol. The van der Waals surface area contributed by atoms with Crippen LogP contribution in [0.2, 0.25) is 0 Å². The Bertz CT molecular complexity index is 989. The highest BCUT2D eigenvalue weighted by Crippen LogP contribution is 2.22. The van der Waals surface area contributed by atoms with E-state index in [9.17, 15) is 9.59 Å². The number of benzene rings is 3. The second-order valence-electron chi connectivity index (χ2n) is 7.42. The highest BCUT2D eigenvalue weighted by atomic mass is 16.5. The largest absolute Gasteiger partial charge is 0.457 e. The van der Waals surface area contributed by atoms with E-state index in [1.54, 1.807) is 31.2 Å². The lowest BCUT2D eigenvalue weighted by Crippen LogP contribution is -2.41. The fourth-order valence-corrected chi connectivity index (χ4v) is 3.05. The number of hydrogen-bond acceptors (Lipinski definition) is 4. The van der Waals surface area contributed by atoms with Gasteiger partial charge in [0.2, 0.25) is 0 Å². The van der Waals surface area contributed by atoms with E-state index >= 15 is 0 Å². The van der Waals surface area contributed by atoms with Gasteiger partial charge in [-0.25, -0.2) is 4.79 Å². The van der Waals surface area contributed by atoms with E-state index in [0.29, 0.717) is 17.1 Å². The first kappa shape index (κ1) is 22.1. The molecule has 3 aromatic carbocycles. The third-order valence-electron chi connectivity index (χ3n) is 4.80. The molecule has 0 aliphatic carbocycles. The van der Waals surface area contributed by atoms with E-state index in [1.807, 2.05) is 55.5 Å². The number of esters is 1. The van der Waals surface area contributed by atoms with Crippen molar-refractivity contribution in [3.63, 3.8) is 0 Å². The van der Waals surface area contributed by atoms with Gasteiger partial charge < -0.3 is 14.8 Å². The van der Waals surface area contributed by atoms with Crippen LogP contribution >= 0.6 is 0 Å². The minimum Gasteiger partial charge on any atom is -0.457 e. The van der Waals surface area contributed by atoms with Gasteiger partial charge in [0.25, 0.3) is 5.91 Å². The molecule has 3 aromatic rings. The van der Waals surface area contributed by atoms with Crippen LogP contribution in [0.25, 0.3) is 0 Å². The van der Waals surface area contributed by atoms with Gasteiger partial charge in [-0.1, -0.05) is 54.6 Å². The summed E-state index contributed by atoms with van der Waals surface area (Å²) in [6, 6.07) is 26.1. The van der Waals surface area contributed by atoms with Crippen molar-refractivity contribution in [3.8, 4) is 11.5 Å². The fourth-order valence-electron chi connectivity index (χ4n) is 3.05. The predicted molar refractivity (Wildman–Crippen MR) is 120 cm³/mol. The molecule has 31 heavy (non-hydrogen) atoms. The molecule has 0 saturated heterocycles. The molecule has 1 N–H and O–H groups in total. The van der Waals surface area contributed by atoms with Gasteiger partial charge in [-0.3, -0.25) is 4.79 Å². The molecule has 160 valence electrons. The molecule has 0 saturated carbocycles. The molecule has 0 heterocycles. The number of para-hydroxylation sites is 1. The molecule has 5 nitrogen and oxygen atoms in total. The van der Waals surface area contributed by atoms with E-state index in [0.717, 1.165) is 12.8 Å². The smallest absolute Gasteiger partial charge is 0.339 e. The van der Waals surface area contributed by atoms with Gasteiger partial charge in [-0.2, -0.15) is 0 Å². The van der Waals surface area contributed by atoms with Crippen molar-refractivity contribution in [2.75, 3.05) is 0 Å². The maximum Gasteiger partial charge on any atom is 0.339 e. The lowest BCUT2D eigenvalue weighted by molar-refractivity contribution is -0.129. The molecule has 0 bridgehead atoms. The topological polar surface area (TPSA) is 64.6 Å². The predicted octanol–water partition coefficient (Wildman–Crippen LogP) is 5.16. The molecule has 0 aliphatic heterocycles. The minimum absolute atomic E-state index is 0.0311. The summed E-state index contributed by atoms with van der Waals surface area (Å²) in [5.74, 6) is 0.307. The Balaban J connectivity index is 1.50. The summed E-state index contributed by atoms with van der Waals surface area (Å²) >= 11 is 0. The van der Waals surface area contributed by atoms with Gasteiger partial charge in [0.1, 0.15) is 11.5 Å². The van der Waals surface area contributed by atoms with Crippen LogP contribution in [-0.2, 0) is 16.0 Å². The summed E-state index contributed by atoms with van der Waals surface area (Å²) in [5, 5.41) is 2.91. The lowest BCUT2D eigenvalue weighted by Gasteiger charge is -2.18. The van der Waals surface area contributed by atoms with Crippen molar-refractivity contribution in [2.45, 2.75) is 38.8 Å². The Kier molecular flexibility index (Phi) is 7.82. The Morgan fingerprint density at radius 1 is 0.839 bits per heavy atom. The fraction of sp³-hybridized carbons (Fsp3) is 0.231. The van der Waals surface area contributed by atoms with Crippen molar-refractivity contribution in [1.82, 2.24) is 5.32 Å². The van der Waals surface area contributed by atoms with Crippen molar-refractivity contribution >= 4 is 11.9 Å². The maximum atomic E-state index is 12.5. The minimum atomic E-state index is -0.898. The van der Waals surface area contributed by atoms with Crippen LogP contribution in [0.1, 0.15) is 36.2 Å². The first-order valence-electron chi connectivity index (χ1n) is 10.4. The van der Waals surface area contributed by atoms with Gasteiger partial charge >= 0.3 is 5.97 Å². The van der Waals surface area contributed by atoms with E-state index in [2.05, 4.69) is 17.4 Å². The summed E-state index contributed by atoms with van der Waals surface area (Å²) in [6.07, 6.45) is 0.769. The third-order valence-corrected chi connectivity index (χ3v) is 4.80. The van der Waals surface area contributed by atoms with Crippen LogP contribution in [0.4, 0.5) is 0 Å². The molecular formula is C26H27NO4. The summed E-state index contributed by atoms with van der Waals surface area (Å²) in [5.41, 5.74) is 1.55. The van der Waals surface area contributed by atoms with Crippen molar-refractivity contribution < 1.29 is 19.1 Å². The molecule has 0 radical (unpaired) electrons. The van der Waals surface area contributed by atoms with Crippen LogP contribution in [0, 0.1) is 0 Å². The van der Waals surface area contributed by atoms with Crippen molar-refractivity contribution in [1.29, 1.82) is 0 Å². The third kappa shape index (κ3) is 7.00. The van der Waals surface area contributed by atoms with Gasteiger partial charge in [0.05, 0.1) is 5.56 Å². The number of carbonyl (C=O) groups excluding carboxylic acids is 2. The zero-order valence-electron chi connectivity index (χ0n) is 17.8.